The lowest BCUT2D eigenvalue weighted by atomic mass is 9.95. The summed E-state index contributed by atoms with van der Waals surface area (Å²) in [7, 11) is 3.35. The number of thioether (sulfide) groups is 1. The van der Waals surface area contributed by atoms with Crippen molar-refractivity contribution in [2.45, 2.75) is 24.3 Å². The molecule has 1 saturated heterocycles. The maximum absolute atomic E-state index is 5.74. The Morgan fingerprint density at radius 2 is 2.08 bits per heavy atom. The van der Waals surface area contributed by atoms with E-state index in [-0.39, 0.29) is 12.1 Å². The van der Waals surface area contributed by atoms with E-state index in [1.54, 1.807) is 14.2 Å². The number of fused-ring (bicyclic) bond motifs is 1. The molecule has 3 atom stereocenters. The fourth-order valence-electron chi connectivity index (χ4n) is 3.63. The molecule has 2 aromatic rings. The van der Waals surface area contributed by atoms with Crippen LogP contribution in [0.1, 0.15) is 30.3 Å². The first-order chi connectivity index (χ1) is 12.6. The molecular weight excluding hydrogens is 414 g/mol. The van der Waals surface area contributed by atoms with E-state index in [4.69, 9.17) is 14.5 Å². The Balaban J connectivity index is 1.86. The maximum Gasteiger partial charge on any atom is 0.166 e. The molecule has 136 valence electrons. The highest BCUT2D eigenvalue weighted by Gasteiger charge is 2.45. The Hall–Kier alpha value is -1.73. The standard InChI is InChI=1S/C19H20BrN3O2S/c1-11-10-23-17(13-8-12(20)9-15(24-2)18(13)25-3)16(22-19(23)26-11)14-6-4-5-7-21-14/h4-9,11,16-17H,10H2,1-3H3/t11-,16+,17-/m1/s1. The van der Waals surface area contributed by atoms with Crippen molar-refractivity contribution in [2.24, 2.45) is 4.99 Å². The molecule has 4 rings (SSSR count). The molecule has 7 heteroatoms. The minimum absolute atomic E-state index is 0.0266. The normalized spacial score (nSPS) is 24.4. The third kappa shape index (κ3) is 2.97. The number of methoxy groups -OCH3 is 2. The summed E-state index contributed by atoms with van der Waals surface area (Å²) in [6.45, 7) is 3.19. The van der Waals surface area contributed by atoms with Crippen LogP contribution in [-0.2, 0) is 0 Å². The number of ether oxygens (including phenoxy) is 2. The highest BCUT2D eigenvalue weighted by molar-refractivity contribution is 9.10. The Bertz CT molecular complexity index is 846. The third-order valence-corrected chi connectivity index (χ3v) is 6.23. The molecular formula is C19H20BrN3O2S. The molecule has 1 aromatic carbocycles. The highest BCUT2D eigenvalue weighted by atomic mass is 79.9. The smallest absolute Gasteiger partial charge is 0.166 e. The van der Waals surface area contributed by atoms with Gasteiger partial charge in [-0.2, -0.15) is 0 Å². The number of halogens is 1. The molecule has 0 bridgehead atoms. The number of benzene rings is 1. The van der Waals surface area contributed by atoms with Crippen molar-refractivity contribution >= 4 is 32.9 Å². The van der Waals surface area contributed by atoms with Gasteiger partial charge in [-0.05, 0) is 24.3 Å². The summed E-state index contributed by atoms with van der Waals surface area (Å²) < 4.78 is 12.3. The number of aromatic nitrogens is 1. The second kappa shape index (κ2) is 7.12. The lowest BCUT2D eigenvalue weighted by Gasteiger charge is -2.29. The van der Waals surface area contributed by atoms with Crippen molar-refractivity contribution in [2.75, 3.05) is 20.8 Å². The second-order valence-electron chi connectivity index (χ2n) is 6.37. The van der Waals surface area contributed by atoms with Gasteiger partial charge in [-0.25, -0.2) is 0 Å². The maximum atomic E-state index is 5.74. The number of hydrogen-bond donors (Lipinski definition) is 0. The fourth-order valence-corrected chi connectivity index (χ4v) is 5.18. The van der Waals surface area contributed by atoms with Gasteiger partial charge < -0.3 is 14.4 Å². The zero-order valence-corrected chi connectivity index (χ0v) is 17.3. The van der Waals surface area contributed by atoms with Crippen LogP contribution in [0.3, 0.4) is 0 Å². The molecule has 0 N–H and O–H groups in total. The van der Waals surface area contributed by atoms with Crippen molar-refractivity contribution in [3.05, 3.63) is 52.3 Å². The van der Waals surface area contributed by atoms with Crippen LogP contribution in [0.2, 0.25) is 0 Å². The van der Waals surface area contributed by atoms with Crippen LogP contribution in [-0.4, -0.2) is 41.1 Å². The highest BCUT2D eigenvalue weighted by Crippen LogP contribution is 2.51. The number of pyridine rings is 1. The molecule has 0 aliphatic carbocycles. The van der Waals surface area contributed by atoms with Crippen LogP contribution in [0.4, 0.5) is 0 Å². The van der Waals surface area contributed by atoms with Gasteiger partial charge in [-0.15, -0.1) is 0 Å². The molecule has 0 spiro atoms. The molecule has 2 aliphatic heterocycles. The van der Waals surface area contributed by atoms with Gasteiger partial charge in [0.15, 0.2) is 16.7 Å². The van der Waals surface area contributed by atoms with Crippen LogP contribution in [0.25, 0.3) is 0 Å². The summed E-state index contributed by atoms with van der Waals surface area (Å²) in [5.74, 6) is 1.47. The van der Waals surface area contributed by atoms with Crippen LogP contribution in [0.15, 0.2) is 46.0 Å². The molecule has 0 unspecified atom stereocenters. The van der Waals surface area contributed by atoms with E-state index in [1.807, 2.05) is 42.2 Å². The van der Waals surface area contributed by atoms with Gasteiger partial charge in [0.2, 0.25) is 0 Å². The van der Waals surface area contributed by atoms with E-state index in [0.29, 0.717) is 11.0 Å². The molecule has 1 fully saturated rings. The SMILES string of the molecule is COc1cc(Br)cc([C@@H]2[C@H](c3ccccn3)N=C3S[C@H](C)CN32)c1OC. The summed E-state index contributed by atoms with van der Waals surface area (Å²) in [5, 5.41) is 1.60. The van der Waals surface area contributed by atoms with Crippen LogP contribution < -0.4 is 9.47 Å². The van der Waals surface area contributed by atoms with Crippen molar-refractivity contribution in [3.63, 3.8) is 0 Å². The lowest BCUT2D eigenvalue weighted by Crippen LogP contribution is -2.29. The zero-order valence-electron chi connectivity index (χ0n) is 14.8. The van der Waals surface area contributed by atoms with Gasteiger partial charge in [0.05, 0.1) is 26.0 Å². The topological polar surface area (TPSA) is 47.0 Å². The van der Waals surface area contributed by atoms with E-state index < -0.39 is 0 Å². The Morgan fingerprint density at radius 1 is 1.23 bits per heavy atom. The Labute approximate surface area is 165 Å². The second-order valence-corrected chi connectivity index (χ2v) is 8.69. The fraction of sp³-hybridized carbons (Fsp3) is 0.368. The summed E-state index contributed by atoms with van der Waals surface area (Å²) in [5.41, 5.74) is 2.02. The van der Waals surface area contributed by atoms with Crippen molar-refractivity contribution < 1.29 is 9.47 Å². The average molecular weight is 434 g/mol. The monoisotopic (exact) mass is 433 g/mol. The predicted molar refractivity (Wildman–Crippen MR) is 108 cm³/mol. The molecule has 3 heterocycles. The van der Waals surface area contributed by atoms with Crippen LogP contribution >= 0.6 is 27.7 Å². The largest absolute Gasteiger partial charge is 0.493 e. The molecule has 26 heavy (non-hydrogen) atoms. The Kier molecular flexibility index (Phi) is 4.84. The molecule has 0 amide bonds. The number of hydrogen-bond acceptors (Lipinski definition) is 6. The van der Waals surface area contributed by atoms with Crippen molar-refractivity contribution in [1.29, 1.82) is 0 Å². The molecule has 0 radical (unpaired) electrons. The van der Waals surface area contributed by atoms with Gasteiger partial charge in [0.25, 0.3) is 0 Å². The first-order valence-corrected chi connectivity index (χ1v) is 10.1. The molecule has 5 nitrogen and oxygen atoms in total. The van der Waals surface area contributed by atoms with Gasteiger partial charge in [0.1, 0.15) is 6.04 Å². The number of amidine groups is 1. The van der Waals surface area contributed by atoms with Crippen LogP contribution in [0, 0.1) is 0 Å². The lowest BCUT2D eigenvalue weighted by molar-refractivity contribution is 0.298. The van der Waals surface area contributed by atoms with Crippen LogP contribution in [0.5, 0.6) is 11.5 Å². The van der Waals surface area contributed by atoms with Crippen molar-refractivity contribution in [3.8, 4) is 11.5 Å². The summed E-state index contributed by atoms with van der Waals surface area (Å²) >= 11 is 5.44. The first kappa shape index (κ1) is 17.7. The van der Waals surface area contributed by atoms with E-state index >= 15 is 0 Å². The van der Waals surface area contributed by atoms with E-state index in [0.717, 1.165) is 33.2 Å². The summed E-state index contributed by atoms with van der Waals surface area (Å²) in [6, 6.07) is 9.97. The summed E-state index contributed by atoms with van der Waals surface area (Å²) in [6.07, 6.45) is 1.82. The number of aliphatic imine (C=N–C) groups is 1. The average Bonchev–Trinajstić information content (AvgIpc) is 3.17. The molecule has 1 aromatic heterocycles. The third-order valence-electron chi connectivity index (χ3n) is 4.67. The number of rotatable bonds is 4. The number of nitrogens with zero attached hydrogens (tertiary/aromatic N) is 3. The molecule has 2 aliphatic rings. The predicted octanol–water partition coefficient (Wildman–Crippen LogP) is 4.45. The van der Waals surface area contributed by atoms with Gasteiger partial charge in [-0.1, -0.05) is 40.7 Å². The van der Waals surface area contributed by atoms with Gasteiger partial charge in [0, 0.05) is 28.0 Å². The summed E-state index contributed by atoms with van der Waals surface area (Å²) in [4.78, 5) is 12.0. The molecule has 0 saturated carbocycles. The minimum atomic E-state index is -0.0703. The first-order valence-electron chi connectivity index (χ1n) is 8.45. The van der Waals surface area contributed by atoms with E-state index in [2.05, 4.69) is 38.8 Å². The zero-order chi connectivity index (χ0) is 18.3. The van der Waals surface area contributed by atoms with Crippen molar-refractivity contribution in [1.82, 2.24) is 9.88 Å². The van der Waals surface area contributed by atoms with E-state index in [9.17, 15) is 0 Å². The minimum Gasteiger partial charge on any atom is -0.493 e. The van der Waals surface area contributed by atoms with E-state index in [1.165, 1.54) is 0 Å². The van der Waals surface area contributed by atoms with Gasteiger partial charge in [-0.3, -0.25) is 9.98 Å². The quantitative estimate of drug-likeness (QED) is 0.712. The Morgan fingerprint density at radius 3 is 2.77 bits per heavy atom. The van der Waals surface area contributed by atoms with Gasteiger partial charge >= 0.3 is 0 Å².